The van der Waals surface area contributed by atoms with Gasteiger partial charge in [0.05, 0.1) is 17.5 Å². The van der Waals surface area contributed by atoms with Gasteiger partial charge in [-0.05, 0) is 25.1 Å². The van der Waals surface area contributed by atoms with Crippen molar-refractivity contribution in [3.05, 3.63) is 29.8 Å². The van der Waals surface area contributed by atoms with Gasteiger partial charge in [-0.1, -0.05) is 6.07 Å². The van der Waals surface area contributed by atoms with Crippen molar-refractivity contribution in [3.8, 4) is 0 Å². The first-order chi connectivity index (χ1) is 6.97. The molecule has 1 unspecified atom stereocenters. The number of carbonyl (C=O) groups is 1. The Kier molecular flexibility index (Phi) is 3.63. The van der Waals surface area contributed by atoms with Crippen molar-refractivity contribution in [2.45, 2.75) is 6.92 Å². The van der Waals surface area contributed by atoms with E-state index in [2.05, 4.69) is 4.52 Å². The number of rotatable bonds is 4. The largest absolute Gasteiger partial charge is 0.478 e. The van der Waals surface area contributed by atoms with Crippen LogP contribution in [0.15, 0.2) is 24.3 Å². The summed E-state index contributed by atoms with van der Waals surface area (Å²) in [5, 5.41) is 8.68. The molecule has 0 aromatic heterocycles. The lowest BCUT2D eigenvalue weighted by atomic mass is 10.2. The highest BCUT2D eigenvalue weighted by Gasteiger charge is 2.22. The minimum Gasteiger partial charge on any atom is -0.478 e. The molecule has 0 saturated heterocycles. The van der Waals surface area contributed by atoms with Crippen LogP contribution in [0, 0.1) is 0 Å². The van der Waals surface area contributed by atoms with E-state index in [1.54, 1.807) is 6.92 Å². The van der Waals surface area contributed by atoms with E-state index in [-0.39, 0.29) is 17.5 Å². The Morgan fingerprint density at radius 2 is 2.20 bits per heavy atom. The molecule has 2 N–H and O–H groups in total. The highest BCUT2D eigenvalue weighted by atomic mass is 31.2. The molecule has 0 aliphatic carbocycles. The van der Waals surface area contributed by atoms with Crippen molar-refractivity contribution >= 4 is 18.9 Å². The predicted octanol–water partition coefficient (Wildman–Crippen LogP) is 1.23. The van der Waals surface area contributed by atoms with Gasteiger partial charge in [-0.3, -0.25) is 4.57 Å². The third-order valence-electron chi connectivity index (χ3n) is 1.72. The zero-order valence-corrected chi connectivity index (χ0v) is 8.98. The van der Waals surface area contributed by atoms with Crippen molar-refractivity contribution in [1.29, 1.82) is 0 Å². The minimum atomic E-state index is -3.87. The maximum absolute atomic E-state index is 11.5. The molecule has 0 aliphatic rings. The molecular formula is C9H11O5P. The van der Waals surface area contributed by atoms with E-state index in [0.29, 0.717) is 0 Å². The van der Waals surface area contributed by atoms with Gasteiger partial charge in [0.1, 0.15) is 0 Å². The molecule has 1 rings (SSSR count). The number of carboxylic acids is 1. The van der Waals surface area contributed by atoms with E-state index in [9.17, 15) is 14.3 Å². The lowest BCUT2D eigenvalue weighted by molar-refractivity contribution is 0.0697. The summed E-state index contributed by atoms with van der Waals surface area (Å²) in [6.45, 7) is 1.68. The molecule has 0 fully saturated rings. The Morgan fingerprint density at radius 3 is 2.73 bits per heavy atom. The SMILES string of the molecule is CCOP(=O)(O)c1cccc(C(=O)O)c1. The van der Waals surface area contributed by atoms with Crippen LogP contribution in [-0.4, -0.2) is 22.6 Å². The Bertz CT molecular complexity index is 415. The molecule has 82 valence electrons. The topological polar surface area (TPSA) is 83.8 Å². The zero-order valence-electron chi connectivity index (χ0n) is 8.08. The fourth-order valence-corrected chi connectivity index (χ4v) is 2.14. The molecule has 0 amide bonds. The van der Waals surface area contributed by atoms with E-state index in [4.69, 9.17) is 5.11 Å². The quantitative estimate of drug-likeness (QED) is 0.760. The van der Waals surface area contributed by atoms with Gasteiger partial charge in [0, 0.05) is 0 Å². The van der Waals surface area contributed by atoms with Crippen molar-refractivity contribution in [2.75, 3.05) is 6.61 Å². The van der Waals surface area contributed by atoms with Gasteiger partial charge in [0.15, 0.2) is 0 Å². The van der Waals surface area contributed by atoms with Crippen LogP contribution >= 0.6 is 7.60 Å². The van der Waals surface area contributed by atoms with E-state index in [0.717, 1.165) is 6.07 Å². The summed E-state index contributed by atoms with van der Waals surface area (Å²) in [6, 6.07) is 5.25. The van der Waals surface area contributed by atoms with Crippen LogP contribution in [-0.2, 0) is 9.09 Å². The number of carboxylic acid groups (broad SMARTS) is 1. The van der Waals surface area contributed by atoms with Crippen LogP contribution in [0.1, 0.15) is 17.3 Å². The van der Waals surface area contributed by atoms with E-state index < -0.39 is 13.6 Å². The van der Waals surface area contributed by atoms with Gasteiger partial charge in [-0.15, -0.1) is 0 Å². The van der Waals surface area contributed by atoms with E-state index >= 15 is 0 Å². The number of hydrogen-bond donors (Lipinski definition) is 2. The second-order valence-corrected chi connectivity index (χ2v) is 4.61. The summed E-state index contributed by atoms with van der Waals surface area (Å²) >= 11 is 0. The fourth-order valence-electron chi connectivity index (χ4n) is 1.06. The molecule has 0 bridgehead atoms. The second-order valence-electron chi connectivity index (χ2n) is 2.79. The van der Waals surface area contributed by atoms with Crippen LogP contribution in [0.5, 0.6) is 0 Å². The molecular weight excluding hydrogens is 219 g/mol. The van der Waals surface area contributed by atoms with Gasteiger partial charge in [0.25, 0.3) is 0 Å². The van der Waals surface area contributed by atoms with Crippen molar-refractivity contribution < 1.29 is 23.9 Å². The first kappa shape index (κ1) is 11.9. The molecule has 1 atom stereocenters. The first-order valence-electron chi connectivity index (χ1n) is 4.28. The van der Waals surface area contributed by atoms with Gasteiger partial charge in [-0.2, -0.15) is 0 Å². The smallest absolute Gasteiger partial charge is 0.358 e. The molecule has 15 heavy (non-hydrogen) atoms. The van der Waals surface area contributed by atoms with Gasteiger partial charge in [-0.25, -0.2) is 4.79 Å². The van der Waals surface area contributed by atoms with Crippen LogP contribution in [0.4, 0.5) is 0 Å². The minimum absolute atomic E-state index is 0.00995. The summed E-state index contributed by atoms with van der Waals surface area (Å²) in [4.78, 5) is 20.1. The molecule has 0 saturated carbocycles. The highest BCUT2D eigenvalue weighted by Crippen LogP contribution is 2.40. The normalized spacial score (nSPS) is 14.5. The average molecular weight is 230 g/mol. The average Bonchev–Trinajstić information content (AvgIpc) is 2.18. The summed E-state index contributed by atoms with van der Waals surface area (Å²) < 4.78 is 16.2. The number of benzene rings is 1. The third kappa shape index (κ3) is 2.89. The Hall–Kier alpha value is -1.16. The maximum atomic E-state index is 11.5. The van der Waals surface area contributed by atoms with E-state index in [1.165, 1.54) is 18.2 Å². The molecule has 0 aliphatic heterocycles. The second kappa shape index (κ2) is 4.57. The van der Waals surface area contributed by atoms with Crippen molar-refractivity contribution in [1.82, 2.24) is 0 Å². The van der Waals surface area contributed by atoms with Gasteiger partial charge < -0.3 is 14.5 Å². The lowest BCUT2D eigenvalue weighted by Gasteiger charge is -2.10. The van der Waals surface area contributed by atoms with E-state index in [1.807, 2.05) is 0 Å². The lowest BCUT2D eigenvalue weighted by Crippen LogP contribution is -2.09. The van der Waals surface area contributed by atoms with Crippen LogP contribution < -0.4 is 5.30 Å². The predicted molar refractivity (Wildman–Crippen MR) is 54.5 cm³/mol. The molecule has 1 aromatic carbocycles. The Morgan fingerprint density at radius 1 is 1.53 bits per heavy atom. The van der Waals surface area contributed by atoms with Crippen molar-refractivity contribution in [2.24, 2.45) is 0 Å². The zero-order chi connectivity index (χ0) is 11.5. The highest BCUT2D eigenvalue weighted by molar-refractivity contribution is 7.61. The summed E-state index contributed by atoms with van der Waals surface area (Å²) in [5.41, 5.74) is -0.0403. The molecule has 0 spiro atoms. The summed E-state index contributed by atoms with van der Waals surface area (Å²) in [6.07, 6.45) is 0. The van der Waals surface area contributed by atoms with Crippen LogP contribution in [0.3, 0.4) is 0 Å². The number of hydrogen-bond acceptors (Lipinski definition) is 3. The standard InChI is InChI=1S/C9H11O5P/c1-2-14-15(12,13)8-5-3-4-7(6-8)9(10)11/h3-6H,2H2,1H3,(H,10,11)(H,12,13). The molecule has 0 radical (unpaired) electrons. The Labute approximate surface area is 86.9 Å². The maximum Gasteiger partial charge on any atom is 0.358 e. The van der Waals surface area contributed by atoms with Crippen LogP contribution in [0.25, 0.3) is 0 Å². The summed E-state index contributed by atoms with van der Waals surface area (Å²) in [5.74, 6) is -1.15. The molecule has 5 nitrogen and oxygen atoms in total. The Balaban J connectivity index is 3.10. The van der Waals surface area contributed by atoms with Crippen molar-refractivity contribution in [3.63, 3.8) is 0 Å². The molecule has 6 heteroatoms. The van der Waals surface area contributed by atoms with Gasteiger partial charge in [0.2, 0.25) is 0 Å². The van der Waals surface area contributed by atoms with Gasteiger partial charge >= 0.3 is 13.6 Å². The summed E-state index contributed by atoms with van der Waals surface area (Å²) in [7, 11) is -3.87. The number of aromatic carboxylic acids is 1. The third-order valence-corrected chi connectivity index (χ3v) is 3.26. The van der Waals surface area contributed by atoms with Crippen LogP contribution in [0.2, 0.25) is 0 Å². The fraction of sp³-hybridized carbons (Fsp3) is 0.222. The first-order valence-corrected chi connectivity index (χ1v) is 5.86. The molecule has 1 aromatic rings. The molecule has 0 heterocycles. The monoisotopic (exact) mass is 230 g/mol.